The highest BCUT2D eigenvalue weighted by molar-refractivity contribution is 6.21. The second kappa shape index (κ2) is 13.4. The van der Waals surface area contributed by atoms with Crippen LogP contribution in [0.1, 0.15) is 22.3 Å². The molecule has 0 radical (unpaired) electrons. The Morgan fingerprint density at radius 1 is 0.667 bits per heavy atom. The van der Waals surface area contributed by atoms with Gasteiger partial charge < -0.3 is 44.5 Å². The van der Waals surface area contributed by atoms with Gasteiger partial charge in [0.1, 0.15) is 0 Å². The molecule has 218 valence electrons. The van der Waals surface area contributed by atoms with E-state index in [4.69, 9.17) is 24.1 Å². The van der Waals surface area contributed by atoms with Gasteiger partial charge in [0.05, 0.1) is 26.9 Å². The Labute approximate surface area is 239 Å². The number of carboxylic acid groups (broad SMARTS) is 3. The van der Waals surface area contributed by atoms with Gasteiger partial charge in [-0.05, 0) is 71.3 Å². The van der Waals surface area contributed by atoms with Crippen LogP contribution in [0.25, 0.3) is 23.8 Å². The van der Waals surface area contributed by atoms with E-state index in [1.54, 1.807) is 0 Å². The fourth-order valence-electron chi connectivity index (χ4n) is 3.72. The normalized spacial score (nSPS) is 11.7. The lowest BCUT2D eigenvalue weighted by atomic mass is 9.98. The average molecular weight is 579 g/mol. The number of phenolic OH excluding ortho intramolecular Hbond substituents is 2. The number of carboxylic acids is 3. The summed E-state index contributed by atoms with van der Waals surface area (Å²) in [6.45, 7) is 0. The van der Waals surface area contributed by atoms with Crippen LogP contribution in [0.5, 0.6) is 34.5 Å². The molecule has 3 aromatic carbocycles. The van der Waals surface area contributed by atoms with E-state index < -0.39 is 29.4 Å². The molecule has 0 fully saturated rings. The van der Waals surface area contributed by atoms with Gasteiger partial charge >= 0.3 is 17.9 Å². The molecule has 5 N–H and O–H groups in total. The molecule has 3 rings (SSSR count). The Balaban J connectivity index is 2.11. The monoisotopic (exact) mass is 578 g/mol. The summed E-state index contributed by atoms with van der Waals surface area (Å²) in [6, 6.07) is 11.0. The summed E-state index contributed by atoms with van der Waals surface area (Å²) in [5, 5.41) is 49.3. The van der Waals surface area contributed by atoms with E-state index in [1.807, 2.05) is 0 Å². The van der Waals surface area contributed by atoms with Crippen LogP contribution < -0.4 is 18.9 Å². The Morgan fingerprint density at radius 3 is 1.88 bits per heavy atom. The standard InChI is InChI=1S/C30H26O12/c1-39-23-13-17(4-7-21(23)31)10-20(29(35)36)19-11-18(14-25(41-3)28(19)34)15-26(30(37)38)42-22-8-5-16(6-9-27(32)33)12-24(22)40-2/h4-15,31,34H,1-3H3,(H,32,33)(H,35,36)(H,37,38)/b9-6+,20-10+,26-15+. The third-order valence-corrected chi connectivity index (χ3v) is 5.69. The molecule has 0 aliphatic rings. The third kappa shape index (κ3) is 7.39. The molecule has 0 aliphatic carbocycles. The van der Waals surface area contributed by atoms with Gasteiger partial charge in [0, 0.05) is 11.6 Å². The number of phenols is 2. The van der Waals surface area contributed by atoms with E-state index in [1.165, 1.54) is 82.0 Å². The summed E-state index contributed by atoms with van der Waals surface area (Å²) in [4.78, 5) is 35.2. The first-order chi connectivity index (χ1) is 20.0. The number of benzene rings is 3. The molecule has 0 aromatic heterocycles. The second-order valence-electron chi connectivity index (χ2n) is 8.41. The minimum Gasteiger partial charge on any atom is -0.504 e. The molecule has 12 heteroatoms. The zero-order valence-corrected chi connectivity index (χ0v) is 22.5. The van der Waals surface area contributed by atoms with Gasteiger partial charge in [-0.25, -0.2) is 14.4 Å². The van der Waals surface area contributed by atoms with Crippen molar-refractivity contribution in [2.75, 3.05) is 21.3 Å². The third-order valence-electron chi connectivity index (χ3n) is 5.69. The number of ether oxygens (including phenoxy) is 4. The van der Waals surface area contributed by atoms with Gasteiger partial charge in [-0.2, -0.15) is 0 Å². The largest absolute Gasteiger partial charge is 0.504 e. The number of carbonyl (C=O) groups is 3. The molecule has 0 spiro atoms. The maximum atomic E-state index is 12.3. The fraction of sp³-hybridized carbons (Fsp3) is 0.100. The number of hydrogen-bond donors (Lipinski definition) is 5. The molecule has 0 unspecified atom stereocenters. The Kier molecular flexibility index (Phi) is 9.80. The average Bonchev–Trinajstić information content (AvgIpc) is 2.96. The van der Waals surface area contributed by atoms with Crippen LogP contribution in [0.2, 0.25) is 0 Å². The van der Waals surface area contributed by atoms with Crippen LogP contribution in [-0.2, 0) is 14.4 Å². The van der Waals surface area contributed by atoms with Gasteiger partial charge in [-0.3, -0.25) is 0 Å². The topological polar surface area (TPSA) is 189 Å². The Bertz CT molecular complexity index is 1610. The zero-order valence-electron chi connectivity index (χ0n) is 22.5. The fourth-order valence-corrected chi connectivity index (χ4v) is 3.72. The molecule has 0 atom stereocenters. The molecule has 0 saturated heterocycles. The summed E-state index contributed by atoms with van der Waals surface area (Å²) >= 11 is 0. The number of rotatable bonds is 12. The van der Waals surface area contributed by atoms with Crippen molar-refractivity contribution < 1.29 is 58.9 Å². The predicted molar refractivity (Wildman–Crippen MR) is 151 cm³/mol. The number of aliphatic carboxylic acids is 3. The smallest absolute Gasteiger partial charge is 0.371 e. The van der Waals surface area contributed by atoms with Gasteiger partial charge in [0.15, 0.2) is 34.5 Å². The van der Waals surface area contributed by atoms with E-state index in [9.17, 15) is 34.8 Å². The molecular formula is C30H26O12. The van der Waals surface area contributed by atoms with Crippen LogP contribution in [0.3, 0.4) is 0 Å². The SMILES string of the molecule is COc1cc(/C=C(/C(=O)O)c2cc(/C=C(/Oc3ccc(/C=C/C(=O)O)cc3OC)C(=O)O)cc(OC)c2O)ccc1O. The quantitative estimate of drug-likeness (QED) is 0.116. The lowest BCUT2D eigenvalue weighted by molar-refractivity contribution is -0.135. The Morgan fingerprint density at radius 2 is 1.29 bits per heavy atom. The van der Waals surface area contributed by atoms with Crippen molar-refractivity contribution in [3.8, 4) is 34.5 Å². The van der Waals surface area contributed by atoms with Crippen LogP contribution in [-0.4, -0.2) is 64.8 Å². The van der Waals surface area contributed by atoms with Crippen molar-refractivity contribution in [3.05, 3.63) is 82.6 Å². The molecule has 12 nitrogen and oxygen atoms in total. The highest BCUT2D eigenvalue weighted by atomic mass is 16.5. The number of hydrogen-bond acceptors (Lipinski definition) is 9. The molecular weight excluding hydrogens is 552 g/mol. The Hall–Kier alpha value is -5.91. The summed E-state index contributed by atoms with van der Waals surface area (Å²) in [7, 11) is 3.88. The molecule has 0 amide bonds. The highest BCUT2D eigenvalue weighted by Gasteiger charge is 2.21. The van der Waals surface area contributed by atoms with Gasteiger partial charge in [-0.1, -0.05) is 12.1 Å². The van der Waals surface area contributed by atoms with E-state index in [0.29, 0.717) is 11.1 Å². The van der Waals surface area contributed by atoms with Gasteiger partial charge in [0.2, 0.25) is 5.76 Å². The predicted octanol–water partition coefficient (Wildman–Crippen LogP) is 4.35. The van der Waals surface area contributed by atoms with Crippen LogP contribution >= 0.6 is 0 Å². The van der Waals surface area contributed by atoms with E-state index in [0.717, 1.165) is 12.2 Å². The van der Waals surface area contributed by atoms with Crippen LogP contribution in [0.4, 0.5) is 0 Å². The summed E-state index contributed by atoms with van der Waals surface area (Å²) in [6.07, 6.45) is 4.56. The summed E-state index contributed by atoms with van der Waals surface area (Å²) in [5.41, 5.74) is 0.307. The van der Waals surface area contributed by atoms with Crippen molar-refractivity contribution in [2.45, 2.75) is 0 Å². The van der Waals surface area contributed by atoms with E-state index >= 15 is 0 Å². The molecule has 0 aliphatic heterocycles. The first kappa shape index (κ1) is 30.6. The molecule has 0 heterocycles. The number of methoxy groups -OCH3 is 3. The molecule has 42 heavy (non-hydrogen) atoms. The van der Waals surface area contributed by atoms with Crippen molar-refractivity contribution in [3.63, 3.8) is 0 Å². The molecule has 0 saturated carbocycles. The van der Waals surface area contributed by atoms with Gasteiger partial charge in [-0.15, -0.1) is 0 Å². The first-order valence-electron chi connectivity index (χ1n) is 11.9. The maximum absolute atomic E-state index is 12.3. The van der Waals surface area contributed by atoms with Crippen molar-refractivity contribution in [1.82, 2.24) is 0 Å². The summed E-state index contributed by atoms with van der Waals surface area (Å²) < 4.78 is 21.1. The van der Waals surface area contributed by atoms with E-state index in [2.05, 4.69) is 0 Å². The van der Waals surface area contributed by atoms with Crippen LogP contribution in [0.15, 0.2) is 60.4 Å². The first-order valence-corrected chi connectivity index (χ1v) is 11.9. The second-order valence-corrected chi connectivity index (χ2v) is 8.41. The summed E-state index contributed by atoms with van der Waals surface area (Å²) in [5.74, 6) is -5.27. The van der Waals surface area contributed by atoms with Crippen molar-refractivity contribution in [1.29, 1.82) is 0 Å². The lowest BCUT2D eigenvalue weighted by Gasteiger charge is -2.14. The highest BCUT2D eigenvalue weighted by Crippen LogP contribution is 2.38. The minimum atomic E-state index is -1.48. The zero-order chi connectivity index (χ0) is 31.0. The van der Waals surface area contributed by atoms with Crippen molar-refractivity contribution >= 4 is 41.7 Å². The van der Waals surface area contributed by atoms with Gasteiger partial charge in [0.25, 0.3) is 0 Å². The van der Waals surface area contributed by atoms with E-state index in [-0.39, 0.29) is 45.4 Å². The van der Waals surface area contributed by atoms with Crippen molar-refractivity contribution in [2.24, 2.45) is 0 Å². The van der Waals surface area contributed by atoms with Crippen LogP contribution in [0, 0.1) is 0 Å². The molecule has 3 aromatic rings. The lowest BCUT2D eigenvalue weighted by Crippen LogP contribution is -2.08. The maximum Gasteiger partial charge on any atom is 0.371 e. The number of aromatic hydroxyl groups is 2. The molecule has 0 bridgehead atoms. The minimum absolute atomic E-state index is 0.00279.